The number of halogens is 1. The predicted octanol–water partition coefficient (Wildman–Crippen LogP) is 4.71. The molecule has 0 saturated carbocycles. The lowest BCUT2D eigenvalue weighted by molar-refractivity contribution is 0.0690. The fourth-order valence-electron chi connectivity index (χ4n) is 4.00. The number of fused-ring (bicyclic) bond motifs is 1. The Kier molecular flexibility index (Phi) is 4.49. The molecule has 4 rings (SSSR count). The number of aromatic nitrogens is 1. The number of H-pyrrole nitrogens is 1. The summed E-state index contributed by atoms with van der Waals surface area (Å²) >= 11 is 0. The third-order valence-electron chi connectivity index (χ3n) is 5.51. The fraction of sp³-hybridized carbons (Fsp3) is 0.318. The molecule has 4 heteroatoms. The number of carbonyl (C=O) groups excluding carboxylic acids is 1. The summed E-state index contributed by atoms with van der Waals surface area (Å²) in [6.45, 7) is 3.67. The van der Waals surface area contributed by atoms with Crippen LogP contribution in [0.25, 0.3) is 10.9 Å². The van der Waals surface area contributed by atoms with Gasteiger partial charge in [-0.15, -0.1) is 0 Å². The molecule has 0 atom stereocenters. The summed E-state index contributed by atoms with van der Waals surface area (Å²) < 4.78 is 13.0. The molecule has 1 N–H and O–H groups in total. The molecule has 0 radical (unpaired) electrons. The number of amides is 1. The van der Waals surface area contributed by atoms with Crippen molar-refractivity contribution in [3.05, 3.63) is 71.2 Å². The first kappa shape index (κ1) is 16.8. The zero-order chi connectivity index (χ0) is 18.1. The first-order chi connectivity index (χ1) is 12.6. The van der Waals surface area contributed by atoms with Gasteiger partial charge < -0.3 is 9.88 Å². The number of piperidine rings is 1. The maximum absolute atomic E-state index is 13.0. The number of aryl methyl sites for hydroxylation is 1. The molecule has 1 aliphatic heterocycles. The molecule has 3 nitrogen and oxygen atoms in total. The molecule has 26 heavy (non-hydrogen) atoms. The first-order valence-corrected chi connectivity index (χ1v) is 9.23. The Morgan fingerprint density at radius 2 is 1.81 bits per heavy atom. The molecule has 1 aromatic heterocycles. The normalized spacial score (nSPS) is 15.5. The Bertz CT molecular complexity index is 921. The highest BCUT2D eigenvalue weighted by Crippen LogP contribution is 2.29. The molecule has 2 heterocycles. The molecular weight excluding hydrogens is 327 g/mol. The van der Waals surface area contributed by atoms with Crippen LogP contribution >= 0.6 is 0 Å². The lowest BCUT2D eigenvalue weighted by Crippen LogP contribution is -2.38. The van der Waals surface area contributed by atoms with Crippen LogP contribution in [0.2, 0.25) is 0 Å². The van der Waals surface area contributed by atoms with Crippen molar-refractivity contribution in [2.75, 3.05) is 13.1 Å². The van der Waals surface area contributed by atoms with Crippen LogP contribution in [-0.4, -0.2) is 28.9 Å². The van der Waals surface area contributed by atoms with Crippen LogP contribution in [0.5, 0.6) is 0 Å². The van der Waals surface area contributed by atoms with Crippen molar-refractivity contribution in [1.82, 2.24) is 9.88 Å². The number of hydrogen-bond donors (Lipinski definition) is 1. The smallest absolute Gasteiger partial charge is 0.253 e. The molecule has 0 bridgehead atoms. The number of nitrogens with one attached hydrogen (secondary N) is 1. The van der Waals surface area contributed by atoms with Crippen molar-refractivity contribution in [2.45, 2.75) is 26.2 Å². The minimum atomic E-state index is -0.311. The van der Waals surface area contributed by atoms with E-state index in [1.165, 1.54) is 34.3 Å². The van der Waals surface area contributed by atoms with Gasteiger partial charge in [-0.25, -0.2) is 4.39 Å². The van der Waals surface area contributed by atoms with Gasteiger partial charge >= 0.3 is 0 Å². The molecular formula is C22H23FN2O. The van der Waals surface area contributed by atoms with Crippen LogP contribution in [0.4, 0.5) is 4.39 Å². The highest BCUT2D eigenvalue weighted by molar-refractivity contribution is 5.94. The SMILES string of the molecule is Cc1[nH]c2ccccc2c1CC1CCN(C(=O)c2ccc(F)cc2)CC1. The van der Waals surface area contributed by atoms with Gasteiger partial charge in [0.2, 0.25) is 0 Å². The second-order valence-corrected chi connectivity index (χ2v) is 7.22. The summed E-state index contributed by atoms with van der Waals surface area (Å²) in [6, 6.07) is 14.3. The van der Waals surface area contributed by atoms with E-state index in [1.807, 2.05) is 4.90 Å². The Balaban J connectivity index is 1.41. The van der Waals surface area contributed by atoms with Crippen molar-refractivity contribution < 1.29 is 9.18 Å². The van der Waals surface area contributed by atoms with Gasteiger partial charge in [0.15, 0.2) is 0 Å². The molecule has 1 aliphatic rings. The Labute approximate surface area is 152 Å². The largest absolute Gasteiger partial charge is 0.358 e. The van der Waals surface area contributed by atoms with E-state index >= 15 is 0 Å². The Morgan fingerprint density at radius 3 is 2.54 bits per heavy atom. The number of benzene rings is 2. The first-order valence-electron chi connectivity index (χ1n) is 9.23. The van der Waals surface area contributed by atoms with Gasteiger partial charge in [0.05, 0.1) is 0 Å². The summed E-state index contributed by atoms with van der Waals surface area (Å²) in [5.41, 5.74) is 4.42. The second kappa shape index (κ2) is 6.94. The third kappa shape index (κ3) is 3.24. The predicted molar refractivity (Wildman–Crippen MR) is 102 cm³/mol. The number of rotatable bonds is 3. The lowest BCUT2D eigenvalue weighted by atomic mass is 9.89. The van der Waals surface area contributed by atoms with E-state index in [0.717, 1.165) is 32.4 Å². The summed E-state index contributed by atoms with van der Waals surface area (Å²) in [4.78, 5) is 17.9. The van der Waals surface area contributed by atoms with Gasteiger partial charge in [-0.1, -0.05) is 18.2 Å². The molecule has 1 amide bonds. The molecule has 1 saturated heterocycles. The van der Waals surface area contributed by atoms with E-state index in [2.05, 4.69) is 36.2 Å². The highest BCUT2D eigenvalue weighted by atomic mass is 19.1. The molecule has 3 aromatic rings. The molecule has 0 unspecified atom stereocenters. The van der Waals surface area contributed by atoms with E-state index in [9.17, 15) is 9.18 Å². The van der Waals surface area contributed by atoms with Crippen LogP contribution in [0.15, 0.2) is 48.5 Å². The summed E-state index contributed by atoms with van der Waals surface area (Å²) in [5, 5.41) is 1.31. The maximum atomic E-state index is 13.0. The standard InChI is InChI=1S/C22H23FN2O/c1-15-20(19-4-2-3-5-21(19)24-15)14-16-10-12-25(13-11-16)22(26)17-6-8-18(23)9-7-17/h2-9,16,24H,10-14H2,1H3. The maximum Gasteiger partial charge on any atom is 0.253 e. The van der Waals surface area contributed by atoms with Crippen LogP contribution < -0.4 is 0 Å². The quantitative estimate of drug-likeness (QED) is 0.729. The van der Waals surface area contributed by atoms with Crippen LogP contribution in [0.1, 0.15) is 34.5 Å². The van der Waals surface area contributed by atoms with E-state index < -0.39 is 0 Å². The molecule has 0 aliphatic carbocycles. The van der Waals surface area contributed by atoms with Gasteiger partial charge in [0, 0.05) is 35.2 Å². The number of likely N-dealkylation sites (tertiary alicyclic amines) is 1. The van der Waals surface area contributed by atoms with Gasteiger partial charge in [0.1, 0.15) is 5.82 Å². The van der Waals surface area contributed by atoms with Crippen LogP contribution in [0, 0.1) is 18.7 Å². The van der Waals surface area contributed by atoms with Crippen molar-refractivity contribution in [2.24, 2.45) is 5.92 Å². The number of aromatic amines is 1. The van der Waals surface area contributed by atoms with Gasteiger partial charge in [-0.2, -0.15) is 0 Å². The van der Waals surface area contributed by atoms with Gasteiger partial charge in [-0.3, -0.25) is 4.79 Å². The van der Waals surface area contributed by atoms with Crippen molar-refractivity contribution in [1.29, 1.82) is 0 Å². The van der Waals surface area contributed by atoms with Crippen molar-refractivity contribution >= 4 is 16.8 Å². The number of carbonyl (C=O) groups is 1. The fourth-order valence-corrected chi connectivity index (χ4v) is 4.00. The molecule has 2 aromatic carbocycles. The Hall–Kier alpha value is -2.62. The topological polar surface area (TPSA) is 36.1 Å². The average molecular weight is 350 g/mol. The summed E-state index contributed by atoms with van der Waals surface area (Å²) in [7, 11) is 0. The highest BCUT2D eigenvalue weighted by Gasteiger charge is 2.25. The van der Waals surface area contributed by atoms with E-state index in [4.69, 9.17) is 0 Å². The zero-order valence-electron chi connectivity index (χ0n) is 15.0. The third-order valence-corrected chi connectivity index (χ3v) is 5.51. The molecule has 134 valence electrons. The average Bonchev–Trinajstić information content (AvgIpc) is 2.98. The van der Waals surface area contributed by atoms with Crippen LogP contribution in [0.3, 0.4) is 0 Å². The second-order valence-electron chi connectivity index (χ2n) is 7.22. The number of hydrogen-bond acceptors (Lipinski definition) is 1. The van der Waals surface area contributed by atoms with E-state index in [1.54, 1.807) is 12.1 Å². The summed E-state index contributed by atoms with van der Waals surface area (Å²) in [5.74, 6) is 0.284. The molecule has 0 spiro atoms. The number of para-hydroxylation sites is 1. The van der Waals surface area contributed by atoms with Crippen LogP contribution in [-0.2, 0) is 6.42 Å². The minimum Gasteiger partial charge on any atom is -0.358 e. The number of nitrogens with zero attached hydrogens (tertiary/aromatic N) is 1. The summed E-state index contributed by atoms with van der Waals surface area (Å²) in [6.07, 6.45) is 3.06. The van der Waals surface area contributed by atoms with Crippen molar-refractivity contribution in [3.8, 4) is 0 Å². The van der Waals surface area contributed by atoms with Gasteiger partial charge in [-0.05, 0) is 68.0 Å². The zero-order valence-corrected chi connectivity index (χ0v) is 15.0. The minimum absolute atomic E-state index is 0.00623. The van der Waals surface area contributed by atoms with Crippen molar-refractivity contribution in [3.63, 3.8) is 0 Å². The van der Waals surface area contributed by atoms with E-state index in [-0.39, 0.29) is 11.7 Å². The lowest BCUT2D eigenvalue weighted by Gasteiger charge is -2.32. The van der Waals surface area contributed by atoms with E-state index in [0.29, 0.717) is 11.5 Å². The van der Waals surface area contributed by atoms with Gasteiger partial charge in [0.25, 0.3) is 5.91 Å². The monoisotopic (exact) mass is 350 g/mol. The Morgan fingerprint density at radius 1 is 1.12 bits per heavy atom. The molecule has 1 fully saturated rings.